The second-order valence-electron chi connectivity index (χ2n) is 10.1. The molecule has 0 aromatic heterocycles. The summed E-state index contributed by atoms with van der Waals surface area (Å²) in [5, 5.41) is 43.1. The van der Waals surface area contributed by atoms with Crippen LogP contribution in [0.5, 0.6) is 17.2 Å². The van der Waals surface area contributed by atoms with E-state index in [4.69, 9.17) is 20.9 Å². The van der Waals surface area contributed by atoms with Crippen LogP contribution in [-0.2, 0) is 20.7 Å². The van der Waals surface area contributed by atoms with E-state index in [0.717, 1.165) is 0 Å². The van der Waals surface area contributed by atoms with E-state index in [1.165, 1.54) is 25.1 Å². The number of ketones is 3. The molecule has 11 heteroatoms. The van der Waals surface area contributed by atoms with Gasteiger partial charge in [0.25, 0.3) is 0 Å². The first-order chi connectivity index (χ1) is 17.4. The third-order valence-corrected chi connectivity index (χ3v) is 7.69. The lowest BCUT2D eigenvalue weighted by atomic mass is 9.71. The maximum Gasteiger partial charge on any atom is 0.202 e. The van der Waals surface area contributed by atoms with Gasteiger partial charge >= 0.3 is 0 Å². The van der Waals surface area contributed by atoms with Crippen molar-refractivity contribution in [2.45, 2.75) is 69.3 Å². The number of fused-ring (bicyclic) bond motifs is 3. The maximum absolute atomic E-state index is 13.4. The molecule has 2 aliphatic carbocycles. The standard InChI is InChI=1S/C26H28N2O9/c1-9-21(31)13(27)6-16(36-9)37-15-8-26(28,10(2)29)7-12-18(15)25(35)20-19(23(12)33)22(32)11-4-3-5-14(30)17(11)24(20)34/h3-5,9,13,15-16,21,30-31,33,35H,6-8,27-28H2,1-2H3/t9-,13+,15?,16+,21+,26?/m1/s1. The lowest BCUT2D eigenvalue weighted by Gasteiger charge is -2.42. The highest BCUT2D eigenvalue weighted by Crippen LogP contribution is 2.52. The number of phenolic OH excluding ortho intramolecular Hbond substituents is 3. The van der Waals surface area contributed by atoms with Crippen molar-refractivity contribution in [1.82, 2.24) is 0 Å². The minimum Gasteiger partial charge on any atom is -0.507 e. The van der Waals surface area contributed by atoms with Crippen LogP contribution in [0.15, 0.2) is 18.2 Å². The quantitative estimate of drug-likeness (QED) is 0.269. The lowest BCUT2D eigenvalue weighted by molar-refractivity contribution is -0.243. The summed E-state index contributed by atoms with van der Waals surface area (Å²) in [5.74, 6) is -3.68. The van der Waals surface area contributed by atoms with Gasteiger partial charge in [0.2, 0.25) is 5.78 Å². The maximum atomic E-state index is 13.4. The SMILES string of the molecule is CC(=O)C1(N)Cc2c(O)c3c(c(O)c2C(O[C@H]2C[C@H](N)[C@@H](O)[C@@H](C)O2)C1)C(=O)c1c(O)cccc1C3=O. The summed E-state index contributed by atoms with van der Waals surface area (Å²) in [7, 11) is 0. The molecule has 37 heavy (non-hydrogen) atoms. The van der Waals surface area contributed by atoms with Crippen LogP contribution in [0.4, 0.5) is 0 Å². The van der Waals surface area contributed by atoms with E-state index < -0.39 is 81.9 Å². The number of hydrogen-bond acceptors (Lipinski definition) is 11. The molecule has 3 aliphatic rings. The highest BCUT2D eigenvalue weighted by Gasteiger charge is 2.48. The average Bonchev–Trinajstić information content (AvgIpc) is 2.82. The summed E-state index contributed by atoms with van der Waals surface area (Å²) in [5.41, 5.74) is 9.61. The van der Waals surface area contributed by atoms with Crippen molar-refractivity contribution < 1.29 is 44.3 Å². The van der Waals surface area contributed by atoms with Crippen LogP contribution in [-0.4, -0.2) is 67.9 Å². The van der Waals surface area contributed by atoms with E-state index in [1.54, 1.807) is 6.92 Å². The van der Waals surface area contributed by atoms with Crippen molar-refractivity contribution in [3.63, 3.8) is 0 Å². The summed E-state index contributed by atoms with van der Waals surface area (Å²) >= 11 is 0. The highest BCUT2D eigenvalue weighted by molar-refractivity contribution is 6.31. The van der Waals surface area contributed by atoms with Gasteiger partial charge in [0.15, 0.2) is 12.1 Å². The highest BCUT2D eigenvalue weighted by atomic mass is 16.7. The number of carbonyl (C=O) groups is 3. The zero-order valence-corrected chi connectivity index (χ0v) is 20.2. The molecule has 0 saturated carbocycles. The number of phenols is 3. The topological polar surface area (TPSA) is 203 Å². The summed E-state index contributed by atoms with van der Waals surface area (Å²) in [6.45, 7) is 2.90. The molecule has 6 atom stereocenters. The molecule has 2 aromatic carbocycles. The summed E-state index contributed by atoms with van der Waals surface area (Å²) in [4.78, 5) is 39.3. The van der Waals surface area contributed by atoms with Crippen molar-refractivity contribution in [2.24, 2.45) is 11.5 Å². The molecule has 0 spiro atoms. The smallest absolute Gasteiger partial charge is 0.202 e. The normalized spacial score (nSPS) is 30.9. The summed E-state index contributed by atoms with van der Waals surface area (Å²) in [6, 6.07) is 3.29. The fourth-order valence-electron chi connectivity index (χ4n) is 5.55. The van der Waals surface area contributed by atoms with E-state index in [2.05, 4.69) is 0 Å². The number of aliphatic hydroxyl groups excluding tert-OH is 1. The second-order valence-corrected chi connectivity index (χ2v) is 10.1. The van der Waals surface area contributed by atoms with Crippen molar-refractivity contribution in [3.05, 3.63) is 51.6 Å². The number of aromatic hydroxyl groups is 3. The first-order valence-corrected chi connectivity index (χ1v) is 11.9. The predicted octanol–water partition coefficient (Wildman–Crippen LogP) is 0.692. The van der Waals surface area contributed by atoms with E-state index >= 15 is 0 Å². The van der Waals surface area contributed by atoms with Crippen molar-refractivity contribution in [2.75, 3.05) is 0 Å². The number of benzene rings is 2. The molecule has 11 nitrogen and oxygen atoms in total. The monoisotopic (exact) mass is 512 g/mol. The molecule has 0 amide bonds. The Labute approximate surface area is 211 Å². The van der Waals surface area contributed by atoms with E-state index in [1.807, 2.05) is 0 Å². The van der Waals surface area contributed by atoms with Gasteiger partial charge in [0.05, 0.1) is 40.5 Å². The molecule has 1 aliphatic heterocycles. The number of rotatable bonds is 3. The minimum atomic E-state index is -1.52. The number of aliphatic hydroxyl groups is 1. The Kier molecular flexibility index (Phi) is 5.89. The lowest BCUT2D eigenvalue weighted by Crippen LogP contribution is -2.54. The molecule has 2 aromatic rings. The van der Waals surface area contributed by atoms with Gasteiger partial charge in [-0.1, -0.05) is 12.1 Å². The number of nitrogens with two attached hydrogens (primary N) is 2. The number of ether oxygens (including phenoxy) is 2. The molecule has 0 bridgehead atoms. The van der Waals surface area contributed by atoms with Gasteiger partial charge in [0, 0.05) is 42.0 Å². The van der Waals surface area contributed by atoms with Gasteiger partial charge in [-0.2, -0.15) is 0 Å². The van der Waals surface area contributed by atoms with Crippen LogP contribution in [0, 0.1) is 0 Å². The van der Waals surface area contributed by atoms with Crippen LogP contribution in [0.25, 0.3) is 0 Å². The first kappa shape index (κ1) is 25.3. The van der Waals surface area contributed by atoms with Gasteiger partial charge in [-0.25, -0.2) is 0 Å². The van der Waals surface area contributed by atoms with Crippen molar-refractivity contribution >= 4 is 17.3 Å². The first-order valence-electron chi connectivity index (χ1n) is 11.9. The molecule has 5 rings (SSSR count). The molecule has 1 saturated heterocycles. The number of Topliss-reactive ketones (excluding diaryl/α,β-unsaturated/α-hetero) is 1. The zero-order chi connectivity index (χ0) is 27.0. The van der Waals surface area contributed by atoms with Crippen LogP contribution in [0.2, 0.25) is 0 Å². The van der Waals surface area contributed by atoms with Gasteiger partial charge in [-0.15, -0.1) is 0 Å². The largest absolute Gasteiger partial charge is 0.507 e. The van der Waals surface area contributed by atoms with Crippen LogP contribution >= 0.6 is 0 Å². The fourth-order valence-corrected chi connectivity index (χ4v) is 5.55. The molecule has 1 fully saturated rings. The van der Waals surface area contributed by atoms with Crippen LogP contribution in [0.3, 0.4) is 0 Å². The second kappa shape index (κ2) is 8.61. The minimum absolute atomic E-state index is 0.00291. The van der Waals surface area contributed by atoms with Gasteiger partial charge in [-0.3, -0.25) is 14.4 Å². The van der Waals surface area contributed by atoms with Gasteiger partial charge in [-0.05, 0) is 19.9 Å². The average molecular weight is 513 g/mol. The number of hydrogen-bond donors (Lipinski definition) is 6. The number of carbonyl (C=O) groups excluding carboxylic acids is 3. The van der Waals surface area contributed by atoms with Crippen molar-refractivity contribution in [3.8, 4) is 17.2 Å². The summed E-state index contributed by atoms with van der Waals surface area (Å²) < 4.78 is 11.8. The molecule has 0 radical (unpaired) electrons. The third kappa shape index (κ3) is 3.73. The van der Waals surface area contributed by atoms with Crippen molar-refractivity contribution in [1.29, 1.82) is 0 Å². The molecule has 1 heterocycles. The molecule has 2 unspecified atom stereocenters. The molecular formula is C26H28N2O9. The van der Waals surface area contributed by atoms with E-state index in [0.29, 0.717) is 0 Å². The van der Waals surface area contributed by atoms with Crippen LogP contribution < -0.4 is 11.5 Å². The fraction of sp³-hybridized carbons (Fsp3) is 0.423. The van der Waals surface area contributed by atoms with E-state index in [9.17, 15) is 34.8 Å². The Balaban J connectivity index is 1.68. The zero-order valence-electron chi connectivity index (χ0n) is 20.2. The van der Waals surface area contributed by atoms with Gasteiger partial charge in [0.1, 0.15) is 23.0 Å². The van der Waals surface area contributed by atoms with Crippen LogP contribution in [0.1, 0.15) is 75.8 Å². The Hall–Kier alpha value is -3.35. The van der Waals surface area contributed by atoms with E-state index in [-0.39, 0.29) is 41.5 Å². The Morgan fingerprint density at radius 2 is 1.78 bits per heavy atom. The Morgan fingerprint density at radius 1 is 1.11 bits per heavy atom. The molecule has 196 valence electrons. The summed E-state index contributed by atoms with van der Waals surface area (Å²) in [6.07, 6.45) is -3.95. The third-order valence-electron chi connectivity index (χ3n) is 7.69. The molecular weight excluding hydrogens is 484 g/mol. The molecule has 8 N–H and O–H groups in total. The van der Waals surface area contributed by atoms with Gasteiger partial charge < -0.3 is 41.4 Å². The Bertz CT molecular complexity index is 1340. The predicted molar refractivity (Wildman–Crippen MR) is 127 cm³/mol. The Morgan fingerprint density at radius 3 is 2.43 bits per heavy atom.